The topological polar surface area (TPSA) is 69.7 Å². The summed E-state index contributed by atoms with van der Waals surface area (Å²) in [6.45, 7) is 0.811. The van der Waals surface area contributed by atoms with Gasteiger partial charge >= 0.3 is 6.03 Å². The molecule has 0 aliphatic carbocycles. The van der Waals surface area contributed by atoms with Crippen LogP contribution in [0.25, 0.3) is 0 Å². The molecular formula is C20H18F3N3O3. The van der Waals surface area contributed by atoms with Crippen molar-refractivity contribution in [2.24, 2.45) is 0 Å². The smallest absolute Gasteiger partial charge is 0.325 e. The summed E-state index contributed by atoms with van der Waals surface area (Å²) in [5, 5.41) is 2.33. The van der Waals surface area contributed by atoms with Crippen LogP contribution >= 0.6 is 0 Å². The summed E-state index contributed by atoms with van der Waals surface area (Å²) >= 11 is 0. The third-order valence-electron chi connectivity index (χ3n) is 4.79. The van der Waals surface area contributed by atoms with E-state index in [1.165, 1.54) is 43.1 Å². The maximum absolute atomic E-state index is 14.2. The lowest BCUT2D eigenvalue weighted by Crippen LogP contribution is -2.44. The van der Waals surface area contributed by atoms with E-state index in [9.17, 15) is 27.6 Å². The van der Waals surface area contributed by atoms with Crippen LogP contribution in [0.1, 0.15) is 18.1 Å². The van der Waals surface area contributed by atoms with Gasteiger partial charge in [0.2, 0.25) is 5.91 Å². The SMILES string of the molecule is CN(Cc1ccc(F)cc1)C(=O)CN1C(=O)N[C@](C)(c2cc(F)ccc2F)C1=O. The predicted molar refractivity (Wildman–Crippen MR) is 96.8 cm³/mol. The first-order valence-electron chi connectivity index (χ1n) is 8.70. The van der Waals surface area contributed by atoms with Crippen molar-refractivity contribution < 1.29 is 27.6 Å². The number of carbonyl (C=O) groups excluding carboxylic acids is 3. The largest absolute Gasteiger partial charge is 0.340 e. The van der Waals surface area contributed by atoms with Gasteiger partial charge in [-0.2, -0.15) is 0 Å². The summed E-state index contributed by atoms with van der Waals surface area (Å²) in [6, 6.07) is 7.24. The number of nitrogens with one attached hydrogen (secondary N) is 1. The minimum absolute atomic E-state index is 0.137. The van der Waals surface area contributed by atoms with Gasteiger partial charge in [0.15, 0.2) is 0 Å². The van der Waals surface area contributed by atoms with Crippen molar-refractivity contribution in [3.05, 3.63) is 71.0 Å². The molecule has 1 saturated heterocycles. The van der Waals surface area contributed by atoms with Crippen molar-refractivity contribution >= 4 is 17.8 Å². The van der Waals surface area contributed by atoms with Gasteiger partial charge in [-0.1, -0.05) is 12.1 Å². The molecule has 0 bridgehead atoms. The number of urea groups is 1. The van der Waals surface area contributed by atoms with Gasteiger partial charge in [0, 0.05) is 19.2 Å². The highest BCUT2D eigenvalue weighted by Crippen LogP contribution is 2.31. The fourth-order valence-corrected chi connectivity index (χ4v) is 3.11. The molecule has 4 amide bonds. The van der Waals surface area contributed by atoms with Gasteiger partial charge in [0.05, 0.1) is 0 Å². The van der Waals surface area contributed by atoms with Gasteiger partial charge in [-0.05, 0) is 42.8 Å². The molecule has 1 fully saturated rings. The van der Waals surface area contributed by atoms with Crippen molar-refractivity contribution in [2.75, 3.05) is 13.6 Å². The molecule has 0 spiro atoms. The fourth-order valence-electron chi connectivity index (χ4n) is 3.11. The lowest BCUT2D eigenvalue weighted by atomic mass is 9.91. The summed E-state index contributed by atoms with van der Waals surface area (Å²) in [5.41, 5.74) is -1.50. The Hall–Kier alpha value is -3.36. The first kappa shape index (κ1) is 20.4. The van der Waals surface area contributed by atoms with E-state index in [1.54, 1.807) is 0 Å². The van der Waals surface area contributed by atoms with Crippen LogP contribution in [-0.2, 0) is 21.7 Å². The summed E-state index contributed by atoms with van der Waals surface area (Å²) in [5.74, 6) is -3.45. The lowest BCUT2D eigenvalue weighted by Gasteiger charge is -2.23. The molecule has 29 heavy (non-hydrogen) atoms. The Morgan fingerprint density at radius 1 is 1.07 bits per heavy atom. The first-order valence-corrected chi connectivity index (χ1v) is 8.70. The van der Waals surface area contributed by atoms with E-state index in [2.05, 4.69) is 5.32 Å². The molecule has 1 aliphatic heterocycles. The second-order valence-electron chi connectivity index (χ2n) is 6.95. The highest BCUT2D eigenvalue weighted by molar-refractivity contribution is 6.09. The Bertz CT molecular complexity index is 981. The monoisotopic (exact) mass is 405 g/mol. The molecule has 6 nitrogen and oxygen atoms in total. The zero-order valence-corrected chi connectivity index (χ0v) is 15.7. The van der Waals surface area contributed by atoms with Crippen LogP contribution < -0.4 is 5.32 Å². The molecule has 1 N–H and O–H groups in total. The van der Waals surface area contributed by atoms with Crippen LogP contribution in [0.3, 0.4) is 0 Å². The molecule has 2 aromatic rings. The quantitative estimate of drug-likeness (QED) is 0.778. The number of imide groups is 1. The van der Waals surface area contributed by atoms with Crippen molar-refractivity contribution in [3.63, 3.8) is 0 Å². The van der Waals surface area contributed by atoms with E-state index < -0.39 is 47.4 Å². The van der Waals surface area contributed by atoms with E-state index in [0.29, 0.717) is 10.5 Å². The molecule has 0 saturated carbocycles. The standard InChI is InChI=1S/C20H18F3N3O3/c1-20(15-9-14(22)7-8-16(15)23)18(28)26(19(29)24-20)11-17(27)25(2)10-12-3-5-13(21)6-4-12/h3-9H,10-11H2,1-2H3,(H,24,29)/t20-/m1/s1. The molecule has 9 heteroatoms. The molecular weight excluding hydrogens is 387 g/mol. The molecule has 1 heterocycles. The molecule has 0 unspecified atom stereocenters. The van der Waals surface area contributed by atoms with Gasteiger partial charge in [-0.15, -0.1) is 0 Å². The molecule has 152 valence electrons. The number of likely N-dealkylation sites (N-methyl/N-ethyl adjacent to an activating group) is 1. The van der Waals surface area contributed by atoms with Crippen molar-refractivity contribution in [1.29, 1.82) is 0 Å². The minimum Gasteiger partial charge on any atom is -0.340 e. The number of hydrogen-bond acceptors (Lipinski definition) is 3. The molecule has 2 aromatic carbocycles. The van der Waals surface area contributed by atoms with Crippen LogP contribution in [0.2, 0.25) is 0 Å². The number of rotatable bonds is 5. The van der Waals surface area contributed by atoms with Crippen molar-refractivity contribution in [1.82, 2.24) is 15.1 Å². The van der Waals surface area contributed by atoms with Crippen LogP contribution in [0.4, 0.5) is 18.0 Å². The molecule has 0 aromatic heterocycles. The maximum Gasteiger partial charge on any atom is 0.325 e. The fraction of sp³-hybridized carbons (Fsp3) is 0.250. The average Bonchev–Trinajstić information content (AvgIpc) is 2.89. The Kier molecular flexibility index (Phi) is 5.32. The third-order valence-corrected chi connectivity index (χ3v) is 4.79. The van der Waals surface area contributed by atoms with Gasteiger partial charge in [-0.25, -0.2) is 18.0 Å². The molecule has 1 atom stereocenters. The Morgan fingerprint density at radius 3 is 2.34 bits per heavy atom. The zero-order chi connectivity index (χ0) is 21.3. The normalized spacial score (nSPS) is 18.7. The Balaban J connectivity index is 1.75. The summed E-state index contributed by atoms with van der Waals surface area (Å²) < 4.78 is 40.7. The first-order chi connectivity index (χ1) is 13.6. The molecule has 1 aliphatic rings. The summed E-state index contributed by atoms with van der Waals surface area (Å²) in [4.78, 5) is 39.5. The second kappa shape index (κ2) is 7.57. The minimum atomic E-state index is -1.83. The maximum atomic E-state index is 14.2. The van der Waals surface area contributed by atoms with Gasteiger partial charge < -0.3 is 10.2 Å². The number of carbonyl (C=O) groups is 3. The number of benzene rings is 2. The van der Waals surface area contributed by atoms with Crippen molar-refractivity contribution in [3.8, 4) is 0 Å². The van der Waals surface area contributed by atoms with Crippen LogP contribution in [0.5, 0.6) is 0 Å². The van der Waals surface area contributed by atoms with Gasteiger partial charge in [-0.3, -0.25) is 14.5 Å². The molecule has 3 rings (SSSR count). The summed E-state index contributed by atoms with van der Waals surface area (Å²) in [7, 11) is 1.47. The third kappa shape index (κ3) is 3.94. The number of nitrogens with zero attached hydrogens (tertiary/aromatic N) is 2. The Morgan fingerprint density at radius 2 is 1.69 bits per heavy atom. The van der Waals surface area contributed by atoms with E-state index >= 15 is 0 Å². The number of amides is 4. The van der Waals surface area contributed by atoms with E-state index in [4.69, 9.17) is 0 Å². The van der Waals surface area contributed by atoms with Crippen LogP contribution in [0, 0.1) is 17.5 Å². The second-order valence-corrected chi connectivity index (χ2v) is 6.95. The lowest BCUT2D eigenvalue weighted by molar-refractivity contribution is -0.138. The molecule has 0 radical (unpaired) electrons. The van der Waals surface area contributed by atoms with Crippen LogP contribution in [0.15, 0.2) is 42.5 Å². The zero-order valence-electron chi connectivity index (χ0n) is 15.7. The predicted octanol–water partition coefficient (Wildman–Crippen LogP) is 2.53. The van der Waals surface area contributed by atoms with Crippen molar-refractivity contribution in [2.45, 2.75) is 19.0 Å². The van der Waals surface area contributed by atoms with Crippen LogP contribution in [-0.4, -0.2) is 41.2 Å². The number of hydrogen-bond donors (Lipinski definition) is 1. The van der Waals surface area contributed by atoms with Gasteiger partial charge in [0.25, 0.3) is 5.91 Å². The van der Waals surface area contributed by atoms with E-state index in [-0.39, 0.29) is 12.1 Å². The van der Waals surface area contributed by atoms with E-state index in [1.807, 2.05) is 0 Å². The average molecular weight is 405 g/mol. The highest BCUT2D eigenvalue weighted by atomic mass is 19.1. The van der Waals surface area contributed by atoms with E-state index in [0.717, 1.165) is 18.2 Å². The summed E-state index contributed by atoms with van der Waals surface area (Å²) in [6.07, 6.45) is 0. The highest BCUT2D eigenvalue weighted by Gasteiger charge is 2.51. The Labute approximate surface area is 164 Å². The van der Waals surface area contributed by atoms with Gasteiger partial charge in [0.1, 0.15) is 29.5 Å². The number of halogens is 3.